The molecule has 1 fully saturated rings. The number of sulfonamides is 1. The van der Waals surface area contributed by atoms with Crippen molar-refractivity contribution in [2.45, 2.75) is 18.4 Å². The van der Waals surface area contributed by atoms with Crippen LogP contribution in [-0.4, -0.2) is 57.5 Å². The maximum absolute atomic E-state index is 12.9. The number of benzene rings is 2. The summed E-state index contributed by atoms with van der Waals surface area (Å²) >= 11 is 0. The molecule has 1 heterocycles. The van der Waals surface area contributed by atoms with E-state index in [2.05, 4.69) is 11.0 Å². The monoisotopic (exact) mass is 426 g/mol. The zero-order valence-corrected chi connectivity index (χ0v) is 17.8. The molecule has 0 radical (unpaired) electrons. The second kappa shape index (κ2) is 10.1. The van der Waals surface area contributed by atoms with Crippen molar-refractivity contribution in [2.75, 3.05) is 39.9 Å². The Kier molecular flexibility index (Phi) is 8.12. The third-order valence-electron chi connectivity index (χ3n) is 4.64. The zero-order valence-electron chi connectivity index (χ0n) is 16.2. The highest BCUT2D eigenvalue weighted by Gasteiger charge is 2.28. The Bertz CT molecular complexity index is 851. The van der Waals surface area contributed by atoms with Crippen molar-refractivity contribution < 1.29 is 17.9 Å². The van der Waals surface area contributed by atoms with Crippen LogP contribution in [0.2, 0.25) is 0 Å². The van der Waals surface area contributed by atoms with Crippen LogP contribution in [0, 0.1) is 0 Å². The molecule has 1 saturated heterocycles. The number of hydrogen-bond donors (Lipinski definition) is 0. The van der Waals surface area contributed by atoms with Gasteiger partial charge in [-0.25, -0.2) is 8.42 Å². The molecule has 154 valence electrons. The Morgan fingerprint density at radius 3 is 2.25 bits per heavy atom. The molecule has 2 aromatic rings. The van der Waals surface area contributed by atoms with Gasteiger partial charge in [0, 0.05) is 32.7 Å². The van der Waals surface area contributed by atoms with E-state index in [0.29, 0.717) is 43.4 Å². The van der Waals surface area contributed by atoms with Gasteiger partial charge in [-0.05, 0) is 48.9 Å². The lowest BCUT2D eigenvalue weighted by Crippen LogP contribution is -2.48. The molecule has 0 spiro atoms. The van der Waals surface area contributed by atoms with E-state index in [-0.39, 0.29) is 12.4 Å². The molecule has 0 saturated carbocycles. The van der Waals surface area contributed by atoms with Crippen LogP contribution < -0.4 is 9.47 Å². The van der Waals surface area contributed by atoms with Gasteiger partial charge in [-0.2, -0.15) is 4.31 Å². The standard InChI is InChI=1S/C20H26N2O4S.ClH/c1-3-26-18-7-9-20(10-8-18)27(23,24)22-13-11-21(12-14-22)16-17-5-4-6-19(15-17)25-2;/h4-10,15H,3,11-14,16H2,1-2H3;1H. The van der Waals surface area contributed by atoms with E-state index in [9.17, 15) is 8.42 Å². The van der Waals surface area contributed by atoms with Gasteiger partial charge < -0.3 is 9.47 Å². The third-order valence-corrected chi connectivity index (χ3v) is 6.56. The minimum absolute atomic E-state index is 0. The van der Waals surface area contributed by atoms with Crippen molar-refractivity contribution in [3.63, 3.8) is 0 Å². The predicted octanol–water partition coefficient (Wildman–Crippen LogP) is 3.02. The van der Waals surface area contributed by atoms with Crippen molar-refractivity contribution in [1.29, 1.82) is 0 Å². The van der Waals surface area contributed by atoms with Crippen LogP contribution in [0.4, 0.5) is 0 Å². The van der Waals surface area contributed by atoms with E-state index in [1.807, 2.05) is 25.1 Å². The molecule has 0 N–H and O–H groups in total. The maximum atomic E-state index is 12.9. The van der Waals surface area contributed by atoms with Gasteiger partial charge in [0.2, 0.25) is 10.0 Å². The number of nitrogens with zero attached hydrogens (tertiary/aromatic N) is 2. The normalized spacial score (nSPS) is 15.6. The van der Waals surface area contributed by atoms with Crippen molar-refractivity contribution in [2.24, 2.45) is 0 Å². The van der Waals surface area contributed by atoms with Gasteiger partial charge in [0.25, 0.3) is 0 Å². The second-order valence-corrected chi connectivity index (χ2v) is 8.37. The van der Waals surface area contributed by atoms with Crippen molar-refractivity contribution in [3.05, 3.63) is 54.1 Å². The lowest BCUT2D eigenvalue weighted by atomic mass is 10.2. The molecular weight excluding hydrogens is 400 g/mol. The Balaban J connectivity index is 0.00000280. The lowest BCUT2D eigenvalue weighted by Gasteiger charge is -2.34. The Morgan fingerprint density at radius 2 is 1.64 bits per heavy atom. The number of methoxy groups -OCH3 is 1. The Morgan fingerprint density at radius 1 is 0.964 bits per heavy atom. The van der Waals surface area contributed by atoms with Crippen molar-refractivity contribution in [3.8, 4) is 11.5 Å². The summed E-state index contributed by atoms with van der Waals surface area (Å²) in [5, 5.41) is 0. The van der Waals surface area contributed by atoms with E-state index < -0.39 is 10.0 Å². The summed E-state index contributed by atoms with van der Waals surface area (Å²) in [7, 11) is -1.81. The molecule has 0 unspecified atom stereocenters. The minimum atomic E-state index is -3.47. The highest BCUT2D eigenvalue weighted by Crippen LogP contribution is 2.22. The van der Waals surface area contributed by atoms with Crippen LogP contribution in [0.5, 0.6) is 11.5 Å². The van der Waals surface area contributed by atoms with E-state index in [1.54, 1.807) is 35.7 Å². The van der Waals surface area contributed by atoms with Crippen LogP contribution in [0.25, 0.3) is 0 Å². The average Bonchev–Trinajstić information content (AvgIpc) is 2.69. The Labute approximate surface area is 173 Å². The molecule has 8 heteroatoms. The van der Waals surface area contributed by atoms with Gasteiger partial charge in [-0.3, -0.25) is 4.90 Å². The van der Waals surface area contributed by atoms with Crippen LogP contribution in [0.15, 0.2) is 53.4 Å². The molecule has 3 rings (SSSR count). The summed E-state index contributed by atoms with van der Waals surface area (Å²) < 4.78 is 37.9. The van der Waals surface area contributed by atoms with Gasteiger partial charge in [0.1, 0.15) is 11.5 Å². The van der Waals surface area contributed by atoms with Crippen LogP contribution in [0.3, 0.4) is 0 Å². The maximum Gasteiger partial charge on any atom is 0.243 e. The first-order valence-electron chi connectivity index (χ1n) is 9.11. The molecule has 0 amide bonds. The minimum Gasteiger partial charge on any atom is -0.497 e. The summed E-state index contributed by atoms with van der Waals surface area (Å²) in [4.78, 5) is 2.58. The SMILES string of the molecule is CCOc1ccc(S(=O)(=O)N2CCN(Cc3cccc(OC)c3)CC2)cc1.Cl. The molecule has 28 heavy (non-hydrogen) atoms. The fraction of sp³-hybridized carbons (Fsp3) is 0.400. The summed E-state index contributed by atoms with van der Waals surface area (Å²) in [5.74, 6) is 1.52. The smallest absolute Gasteiger partial charge is 0.243 e. The first-order valence-corrected chi connectivity index (χ1v) is 10.5. The summed E-state index contributed by atoms with van der Waals surface area (Å²) in [6.45, 7) is 5.62. The van der Waals surface area contributed by atoms with Crippen molar-refractivity contribution >= 4 is 22.4 Å². The highest BCUT2D eigenvalue weighted by atomic mass is 35.5. The predicted molar refractivity (Wildman–Crippen MR) is 112 cm³/mol. The lowest BCUT2D eigenvalue weighted by molar-refractivity contribution is 0.181. The molecular formula is C20H27ClN2O4S. The number of halogens is 1. The summed E-state index contributed by atoms with van der Waals surface area (Å²) in [6.07, 6.45) is 0. The number of piperazine rings is 1. The highest BCUT2D eigenvalue weighted by molar-refractivity contribution is 7.89. The van der Waals surface area contributed by atoms with E-state index in [0.717, 1.165) is 17.9 Å². The van der Waals surface area contributed by atoms with Gasteiger partial charge in [-0.1, -0.05) is 12.1 Å². The quantitative estimate of drug-likeness (QED) is 0.681. The largest absolute Gasteiger partial charge is 0.497 e. The summed E-state index contributed by atoms with van der Waals surface area (Å²) in [6, 6.07) is 14.6. The van der Waals surface area contributed by atoms with Crippen molar-refractivity contribution in [1.82, 2.24) is 9.21 Å². The molecule has 0 atom stereocenters. The van der Waals surface area contributed by atoms with E-state index in [1.165, 1.54) is 0 Å². The fourth-order valence-electron chi connectivity index (χ4n) is 3.18. The van der Waals surface area contributed by atoms with Crippen LogP contribution in [0.1, 0.15) is 12.5 Å². The molecule has 2 aromatic carbocycles. The molecule has 0 aromatic heterocycles. The second-order valence-electron chi connectivity index (χ2n) is 6.44. The summed E-state index contributed by atoms with van der Waals surface area (Å²) in [5.41, 5.74) is 1.16. The topological polar surface area (TPSA) is 59.1 Å². The van der Waals surface area contributed by atoms with E-state index >= 15 is 0 Å². The number of ether oxygens (including phenoxy) is 2. The molecule has 6 nitrogen and oxygen atoms in total. The van der Waals surface area contributed by atoms with Gasteiger partial charge >= 0.3 is 0 Å². The average molecular weight is 427 g/mol. The molecule has 0 aliphatic carbocycles. The zero-order chi connectivity index (χ0) is 19.3. The van der Waals surface area contributed by atoms with Crippen LogP contribution >= 0.6 is 12.4 Å². The first-order chi connectivity index (χ1) is 13.0. The van der Waals surface area contributed by atoms with Gasteiger partial charge in [0.15, 0.2) is 0 Å². The number of hydrogen-bond acceptors (Lipinski definition) is 5. The first kappa shape index (κ1) is 22.5. The molecule has 1 aliphatic heterocycles. The van der Waals surface area contributed by atoms with Crippen LogP contribution in [-0.2, 0) is 16.6 Å². The third kappa shape index (κ3) is 5.38. The Hall–Kier alpha value is -1.80. The molecule has 0 bridgehead atoms. The fourth-order valence-corrected chi connectivity index (χ4v) is 4.60. The number of rotatable bonds is 7. The van der Waals surface area contributed by atoms with E-state index in [4.69, 9.17) is 9.47 Å². The van der Waals surface area contributed by atoms with Gasteiger partial charge in [0.05, 0.1) is 18.6 Å². The van der Waals surface area contributed by atoms with Gasteiger partial charge in [-0.15, -0.1) is 12.4 Å². The molecule has 1 aliphatic rings.